The lowest BCUT2D eigenvalue weighted by Gasteiger charge is -2.21. The molecule has 0 bridgehead atoms. The fraction of sp³-hybridized carbons (Fsp3) is 1.00. The minimum atomic E-state index is 0.927. The van der Waals surface area contributed by atoms with E-state index in [0.717, 1.165) is 5.92 Å². The van der Waals surface area contributed by atoms with E-state index < -0.39 is 0 Å². The molecular formula is C9H22N2. The Labute approximate surface area is 70.8 Å². The predicted octanol–water partition coefficient (Wildman–Crippen LogP) is 1.23. The van der Waals surface area contributed by atoms with E-state index in [2.05, 4.69) is 10.6 Å². The molecule has 0 spiro atoms. The zero-order valence-corrected chi connectivity index (χ0v) is 8.11. The number of rotatable bonds is 2. The molecule has 1 aliphatic rings. The lowest BCUT2D eigenvalue weighted by atomic mass is 9.98. The molecule has 0 aromatic rings. The Morgan fingerprint density at radius 1 is 1.27 bits per heavy atom. The minimum Gasteiger partial charge on any atom is -0.319 e. The van der Waals surface area contributed by atoms with E-state index in [9.17, 15) is 0 Å². The highest BCUT2D eigenvalue weighted by Gasteiger charge is 2.10. The van der Waals surface area contributed by atoms with Gasteiger partial charge in [-0.05, 0) is 45.4 Å². The predicted molar refractivity (Wildman–Crippen MR) is 50.9 cm³/mol. The van der Waals surface area contributed by atoms with Crippen LogP contribution in [0, 0.1) is 5.92 Å². The van der Waals surface area contributed by atoms with Gasteiger partial charge in [0, 0.05) is 0 Å². The molecule has 1 heterocycles. The molecule has 1 aliphatic heterocycles. The van der Waals surface area contributed by atoms with Crippen LogP contribution in [-0.2, 0) is 0 Å². The maximum atomic E-state index is 3.35. The largest absolute Gasteiger partial charge is 0.319 e. The Bertz CT molecular complexity index is 65.2. The minimum absolute atomic E-state index is 0.927. The van der Waals surface area contributed by atoms with Crippen LogP contribution < -0.4 is 10.6 Å². The third kappa shape index (κ3) is 5.22. The first-order valence-corrected chi connectivity index (χ1v) is 4.79. The van der Waals surface area contributed by atoms with Gasteiger partial charge in [0.15, 0.2) is 0 Å². The van der Waals surface area contributed by atoms with E-state index in [1.807, 2.05) is 20.9 Å². The summed E-state index contributed by atoms with van der Waals surface area (Å²) in [7, 11) is 2.03. The van der Waals surface area contributed by atoms with Gasteiger partial charge in [0.2, 0.25) is 0 Å². The average molecular weight is 158 g/mol. The van der Waals surface area contributed by atoms with Crippen molar-refractivity contribution >= 4 is 0 Å². The van der Waals surface area contributed by atoms with Crippen LogP contribution in [0.2, 0.25) is 0 Å². The van der Waals surface area contributed by atoms with Crippen molar-refractivity contribution < 1.29 is 0 Å². The van der Waals surface area contributed by atoms with Crippen molar-refractivity contribution in [1.82, 2.24) is 10.6 Å². The highest BCUT2D eigenvalue weighted by molar-refractivity contribution is 4.69. The molecule has 0 radical (unpaired) electrons. The van der Waals surface area contributed by atoms with Gasteiger partial charge in [-0.2, -0.15) is 0 Å². The van der Waals surface area contributed by atoms with Crippen molar-refractivity contribution in [3.05, 3.63) is 0 Å². The smallest absolute Gasteiger partial charge is 0.00226 e. The molecule has 2 nitrogen and oxygen atoms in total. The van der Waals surface area contributed by atoms with Gasteiger partial charge < -0.3 is 10.6 Å². The monoisotopic (exact) mass is 158 g/mol. The molecule has 2 N–H and O–H groups in total. The van der Waals surface area contributed by atoms with Gasteiger partial charge in [0.25, 0.3) is 0 Å². The number of hydrogen-bond acceptors (Lipinski definition) is 2. The first-order chi connectivity index (χ1) is 5.43. The Balaban J connectivity index is 0.000000461. The number of piperidine rings is 1. The standard InChI is InChI=1S/C7H16N2.C2H6/c1-8-6-7-2-4-9-5-3-7;1-2/h7-9H,2-6H2,1H3;1-2H3. The van der Waals surface area contributed by atoms with Gasteiger partial charge in [0.1, 0.15) is 0 Å². The topological polar surface area (TPSA) is 24.1 Å². The van der Waals surface area contributed by atoms with Gasteiger partial charge in [-0.25, -0.2) is 0 Å². The Hall–Kier alpha value is -0.0800. The molecule has 0 atom stereocenters. The summed E-state index contributed by atoms with van der Waals surface area (Å²) in [5.74, 6) is 0.927. The number of nitrogens with one attached hydrogen (secondary N) is 2. The molecular weight excluding hydrogens is 136 g/mol. The van der Waals surface area contributed by atoms with Gasteiger partial charge >= 0.3 is 0 Å². The van der Waals surface area contributed by atoms with Crippen molar-refractivity contribution in [2.75, 3.05) is 26.7 Å². The van der Waals surface area contributed by atoms with Crippen molar-refractivity contribution in [3.8, 4) is 0 Å². The van der Waals surface area contributed by atoms with E-state index in [4.69, 9.17) is 0 Å². The normalized spacial score (nSPS) is 18.8. The summed E-state index contributed by atoms with van der Waals surface area (Å²) in [4.78, 5) is 0. The lowest BCUT2D eigenvalue weighted by Crippen LogP contribution is -2.32. The molecule has 0 aromatic heterocycles. The second kappa shape index (κ2) is 8.02. The molecule has 0 amide bonds. The zero-order valence-electron chi connectivity index (χ0n) is 8.11. The number of hydrogen-bond donors (Lipinski definition) is 2. The van der Waals surface area contributed by atoms with E-state index >= 15 is 0 Å². The van der Waals surface area contributed by atoms with Crippen LogP contribution >= 0.6 is 0 Å². The van der Waals surface area contributed by atoms with Crippen molar-refractivity contribution in [2.45, 2.75) is 26.7 Å². The summed E-state index contributed by atoms with van der Waals surface area (Å²) in [6, 6.07) is 0. The zero-order chi connectivity index (χ0) is 8.53. The van der Waals surface area contributed by atoms with Crippen LogP contribution in [0.1, 0.15) is 26.7 Å². The van der Waals surface area contributed by atoms with Crippen LogP contribution in [0.3, 0.4) is 0 Å². The van der Waals surface area contributed by atoms with Crippen LogP contribution in [0.15, 0.2) is 0 Å². The summed E-state index contributed by atoms with van der Waals surface area (Å²) in [6.45, 7) is 7.63. The summed E-state index contributed by atoms with van der Waals surface area (Å²) in [5, 5.41) is 6.55. The van der Waals surface area contributed by atoms with Crippen molar-refractivity contribution in [3.63, 3.8) is 0 Å². The van der Waals surface area contributed by atoms with Crippen LogP contribution in [0.5, 0.6) is 0 Å². The van der Waals surface area contributed by atoms with Crippen LogP contribution in [-0.4, -0.2) is 26.7 Å². The van der Waals surface area contributed by atoms with Gasteiger partial charge in [-0.15, -0.1) is 0 Å². The molecule has 0 aliphatic carbocycles. The molecule has 1 fully saturated rings. The third-order valence-corrected chi connectivity index (χ3v) is 1.95. The maximum Gasteiger partial charge on any atom is -0.00226 e. The Kier molecular flexibility index (Phi) is 7.96. The molecule has 0 saturated carbocycles. The highest BCUT2D eigenvalue weighted by Crippen LogP contribution is 2.08. The highest BCUT2D eigenvalue weighted by atomic mass is 14.9. The van der Waals surface area contributed by atoms with Crippen LogP contribution in [0.4, 0.5) is 0 Å². The van der Waals surface area contributed by atoms with Gasteiger partial charge in [0.05, 0.1) is 0 Å². The van der Waals surface area contributed by atoms with E-state index in [-0.39, 0.29) is 0 Å². The summed E-state index contributed by atoms with van der Waals surface area (Å²) < 4.78 is 0. The fourth-order valence-corrected chi connectivity index (χ4v) is 1.37. The quantitative estimate of drug-likeness (QED) is 0.631. The maximum absolute atomic E-state index is 3.35. The molecule has 1 saturated heterocycles. The SMILES string of the molecule is CC.CNCC1CCNCC1. The second-order valence-corrected chi connectivity index (χ2v) is 2.75. The van der Waals surface area contributed by atoms with Crippen molar-refractivity contribution in [2.24, 2.45) is 5.92 Å². The molecule has 1 rings (SSSR count). The first-order valence-electron chi connectivity index (χ1n) is 4.79. The Morgan fingerprint density at radius 3 is 2.27 bits per heavy atom. The summed E-state index contributed by atoms with van der Waals surface area (Å²) >= 11 is 0. The van der Waals surface area contributed by atoms with Gasteiger partial charge in [-0.1, -0.05) is 13.8 Å². The van der Waals surface area contributed by atoms with E-state index in [1.165, 1.54) is 32.5 Å². The first kappa shape index (κ1) is 10.9. The third-order valence-electron chi connectivity index (χ3n) is 1.95. The molecule has 0 aromatic carbocycles. The fourth-order valence-electron chi connectivity index (χ4n) is 1.37. The van der Waals surface area contributed by atoms with Crippen LogP contribution in [0.25, 0.3) is 0 Å². The molecule has 11 heavy (non-hydrogen) atoms. The summed E-state index contributed by atoms with van der Waals surface area (Å²) in [5.41, 5.74) is 0. The van der Waals surface area contributed by atoms with E-state index in [1.54, 1.807) is 0 Å². The van der Waals surface area contributed by atoms with E-state index in [0.29, 0.717) is 0 Å². The van der Waals surface area contributed by atoms with Gasteiger partial charge in [-0.3, -0.25) is 0 Å². The summed E-state index contributed by atoms with van der Waals surface area (Å²) in [6.07, 6.45) is 2.70. The molecule has 2 heteroatoms. The average Bonchev–Trinajstić information content (AvgIpc) is 2.11. The molecule has 0 unspecified atom stereocenters. The van der Waals surface area contributed by atoms with Crippen molar-refractivity contribution in [1.29, 1.82) is 0 Å². The second-order valence-electron chi connectivity index (χ2n) is 2.75. The Morgan fingerprint density at radius 2 is 1.82 bits per heavy atom. The molecule has 68 valence electrons. The lowest BCUT2D eigenvalue weighted by molar-refractivity contribution is 0.365.